The van der Waals surface area contributed by atoms with Gasteiger partial charge in [0.05, 0.1) is 0 Å². The highest BCUT2D eigenvalue weighted by Crippen LogP contribution is 2.35. The van der Waals surface area contributed by atoms with Crippen molar-refractivity contribution in [1.29, 1.82) is 0 Å². The number of rotatable bonds is 5. The van der Waals surface area contributed by atoms with Crippen molar-refractivity contribution in [3.05, 3.63) is 57.4 Å². The fourth-order valence-electron chi connectivity index (χ4n) is 1.78. The lowest BCUT2D eigenvalue weighted by molar-refractivity contribution is 1.08. The van der Waals surface area contributed by atoms with Gasteiger partial charge in [0.2, 0.25) is 0 Å². The zero-order valence-corrected chi connectivity index (χ0v) is 12.9. The Morgan fingerprint density at radius 2 is 2.11 bits per heavy atom. The Bertz CT molecular complexity index is 431. The van der Waals surface area contributed by atoms with Gasteiger partial charge in [0.25, 0.3) is 0 Å². The molecule has 0 aromatic heterocycles. The molecule has 0 N–H and O–H groups in total. The van der Waals surface area contributed by atoms with Gasteiger partial charge in [0, 0.05) is 6.42 Å². The van der Waals surface area contributed by atoms with Gasteiger partial charge in [-0.15, -0.1) is 0 Å². The molecule has 0 atom stereocenters. The molecule has 0 unspecified atom stereocenters. The van der Waals surface area contributed by atoms with Gasteiger partial charge in [-0.2, -0.15) is 0 Å². The molecule has 1 heteroatoms. The van der Waals surface area contributed by atoms with Crippen LogP contribution in [0, 0.1) is 0 Å². The van der Waals surface area contributed by atoms with Crippen molar-refractivity contribution in [3.63, 3.8) is 0 Å². The second kappa shape index (κ2) is 7.48. The lowest BCUT2D eigenvalue weighted by Crippen LogP contribution is -1.91. The van der Waals surface area contributed by atoms with E-state index in [-0.39, 0.29) is 0 Å². The maximum absolute atomic E-state index is 3.90. The molecule has 1 aliphatic rings. The van der Waals surface area contributed by atoms with E-state index in [2.05, 4.69) is 52.5 Å². The fraction of sp³-hybridized carbons (Fsp3) is 0.412. The molecule has 98 valence electrons. The standard InChI is InChI=1S/C17H24S/c1-6-13(3)11-16(14(4)7-2)12-17-10-8-9-15(5)18-17/h7,9-11H,2,6,8,12H2,1,3-5H3/b13-11-,16-14+. The minimum atomic E-state index is 1.03. The minimum absolute atomic E-state index is 1.03. The molecule has 0 aliphatic carbocycles. The van der Waals surface area contributed by atoms with Gasteiger partial charge in [-0.05, 0) is 54.6 Å². The van der Waals surface area contributed by atoms with Crippen LogP contribution in [0.3, 0.4) is 0 Å². The van der Waals surface area contributed by atoms with Crippen molar-refractivity contribution < 1.29 is 0 Å². The molecule has 0 saturated heterocycles. The molecule has 1 rings (SSSR count). The van der Waals surface area contributed by atoms with Crippen molar-refractivity contribution in [2.75, 3.05) is 0 Å². The van der Waals surface area contributed by atoms with Crippen LogP contribution < -0.4 is 0 Å². The van der Waals surface area contributed by atoms with Gasteiger partial charge in [0.1, 0.15) is 0 Å². The normalized spacial score (nSPS) is 17.9. The van der Waals surface area contributed by atoms with E-state index in [1.807, 2.05) is 17.8 Å². The predicted molar refractivity (Wildman–Crippen MR) is 85.6 cm³/mol. The molecule has 1 aliphatic heterocycles. The van der Waals surface area contributed by atoms with Crippen molar-refractivity contribution in [2.24, 2.45) is 0 Å². The van der Waals surface area contributed by atoms with E-state index in [1.165, 1.54) is 26.5 Å². The first-order valence-corrected chi connectivity index (χ1v) is 7.41. The van der Waals surface area contributed by atoms with Gasteiger partial charge in [0.15, 0.2) is 0 Å². The van der Waals surface area contributed by atoms with Crippen LogP contribution in [0.2, 0.25) is 0 Å². The summed E-state index contributed by atoms with van der Waals surface area (Å²) >= 11 is 1.90. The monoisotopic (exact) mass is 260 g/mol. The lowest BCUT2D eigenvalue weighted by Gasteiger charge is -2.14. The van der Waals surface area contributed by atoms with Crippen LogP contribution in [0.4, 0.5) is 0 Å². The highest BCUT2D eigenvalue weighted by atomic mass is 32.2. The minimum Gasteiger partial charge on any atom is -0.0996 e. The molecule has 0 nitrogen and oxygen atoms in total. The van der Waals surface area contributed by atoms with Crippen LogP contribution in [0.5, 0.6) is 0 Å². The van der Waals surface area contributed by atoms with E-state index in [0.717, 1.165) is 19.3 Å². The number of allylic oxidation sites excluding steroid dienone is 9. The van der Waals surface area contributed by atoms with Gasteiger partial charge in [-0.25, -0.2) is 0 Å². The molecule has 0 aromatic carbocycles. The summed E-state index contributed by atoms with van der Waals surface area (Å²) in [6, 6.07) is 0. The summed E-state index contributed by atoms with van der Waals surface area (Å²) in [7, 11) is 0. The third-order valence-electron chi connectivity index (χ3n) is 3.20. The Morgan fingerprint density at radius 1 is 1.39 bits per heavy atom. The molecule has 0 fully saturated rings. The van der Waals surface area contributed by atoms with Crippen molar-refractivity contribution in [3.8, 4) is 0 Å². The van der Waals surface area contributed by atoms with Crippen LogP contribution in [-0.2, 0) is 0 Å². The zero-order valence-electron chi connectivity index (χ0n) is 12.0. The van der Waals surface area contributed by atoms with Crippen LogP contribution in [0.1, 0.15) is 47.0 Å². The number of hydrogen-bond donors (Lipinski definition) is 0. The first-order chi connectivity index (χ1) is 8.56. The van der Waals surface area contributed by atoms with E-state index >= 15 is 0 Å². The van der Waals surface area contributed by atoms with E-state index in [4.69, 9.17) is 0 Å². The molecule has 1 heterocycles. The van der Waals surface area contributed by atoms with Crippen molar-refractivity contribution in [1.82, 2.24) is 0 Å². The molecule has 0 saturated carbocycles. The van der Waals surface area contributed by atoms with E-state index in [0.29, 0.717) is 0 Å². The Labute approximate surface area is 116 Å². The highest BCUT2D eigenvalue weighted by Gasteiger charge is 2.08. The molecule has 0 aromatic rings. The number of thioether (sulfide) groups is 1. The average Bonchev–Trinajstić information content (AvgIpc) is 2.36. The summed E-state index contributed by atoms with van der Waals surface area (Å²) < 4.78 is 0. The van der Waals surface area contributed by atoms with Crippen LogP contribution in [0.15, 0.2) is 57.4 Å². The van der Waals surface area contributed by atoms with Crippen molar-refractivity contribution in [2.45, 2.75) is 47.0 Å². The summed E-state index contributed by atoms with van der Waals surface area (Å²) in [4.78, 5) is 2.88. The van der Waals surface area contributed by atoms with Crippen LogP contribution in [-0.4, -0.2) is 0 Å². The Kier molecular flexibility index (Phi) is 6.28. The lowest BCUT2D eigenvalue weighted by atomic mass is 10.0. The zero-order chi connectivity index (χ0) is 13.5. The Hall–Kier alpha value is -0.950. The maximum Gasteiger partial charge on any atom is 0.00373 e. The smallest absolute Gasteiger partial charge is 0.00373 e. The topological polar surface area (TPSA) is 0 Å². The van der Waals surface area contributed by atoms with Crippen LogP contribution >= 0.6 is 11.8 Å². The Morgan fingerprint density at radius 3 is 2.67 bits per heavy atom. The quantitative estimate of drug-likeness (QED) is 0.533. The van der Waals surface area contributed by atoms with E-state index in [1.54, 1.807) is 0 Å². The van der Waals surface area contributed by atoms with Gasteiger partial charge >= 0.3 is 0 Å². The second-order valence-corrected chi connectivity index (χ2v) is 6.13. The fourth-order valence-corrected chi connectivity index (χ4v) is 2.78. The maximum atomic E-state index is 3.90. The molecule has 0 amide bonds. The third-order valence-corrected chi connectivity index (χ3v) is 4.26. The van der Waals surface area contributed by atoms with Gasteiger partial charge in [-0.3, -0.25) is 0 Å². The van der Waals surface area contributed by atoms with E-state index < -0.39 is 0 Å². The van der Waals surface area contributed by atoms with Crippen LogP contribution in [0.25, 0.3) is 0 Å². The number of hydrogen-bond acceptors (Lipinski definition) is 1. The second-order valence-electron chi connectivity index (χ2n) is 4.76. The van der Waals surface area contributed by atoms with E-state index in [9.17, 15) is 0 Å². The SMILES string of the molecule is C=C/C(C)=C(\C=C(\C)CC)CC1=CCC=C(C)S1. The average molecular weight is 260 g/mol. The van der Waals surface area contributed by atoms with Gasteiger partial charge in [-0.1, -0.05) is 55.1 Å². The molecule has 0 spiro atoms. The molecule has 0 bridgehead atoms. The summed E-state index contributed by atoms with van der Waals surface area (Å²) in [5.41, 5.74) is 4.12. The summed E-state index contributed by atoms with van der Waals surface area (Å²) in [6.45, 7) is 12.6. The first-order valence-electron chi connectivity index (χ1n) is 6.59. The Balaban J connectivity index is 2.88. The van der Waals surface area contributed by atoms with Gasteiger partial charge < -0.3 is 0 Å². The predicted octanol–water partition coefficient (Wildman–Crippen LogP) is 6.16. The third kappa shape index (κ3) is 4.73. The highest BCUT2D eigenvalue weighted by molar-refractivity contribution is 8.06. The molecular weight excluding hydrogens is 236 g/mol. The summed E-state index contributed by atoms with van der Waals surface area (Å²) in [6.07, 6.45) is 12.1. The molecule has 0 radical (unpaired) electrons. The molecule has 18 heavy (non-hydrogen) atoms. The summed E-state index contributed by atoms with van der Waals surface area (Å²) in [5, 5.41) is 0. The molecular formula is C17H24S. The first kappa shape index (κ1) is 15.1. The summed E-state index contributed by atoms with van der Waals surface area (Å²) in [5.74, 6) is 0. The van der Waals surface area contributed by atoms with Crippen molar-refractivity contribution >= 4 is 11.8 Å². The largest absolute Gasteiger partial charge is 0.0996 e.